The van der Waals surface area contributed by atoms with Gasteiger partial charge in [0.2, 0.25) is 0 Å². The Bertz CT molecular complexity index is 135. The Balaban J connectivity index is 4.01. The number of rotatable bonds is 6. The van der Waals surface area contributed by atoms with Crippen LogP contribution in [-0.2, 0) is 0 Å². The summed E-state index contributed by atoms with van der Waals surface area (Å²) in [4.78, 5) is 0. The number of hydrogen-bond donors (Lipinski definition) is 4. The van der Waals surface area contributed by atoms with Crippen molar-refractivity contribution in [3.63, 3.8) is 0 Å². The molecule has 0 spiro atoms. The van der Waals surface area contributed by atoms with Gasteiger partial charge in [0.1, 0.15) is 0 Å². The zero-order valence-electron chi connectivity index (χ0n) is 7.38. The molecule has 0 fully saturated rings. The highest BCUT2D eigenvalue weighted by molar-refractivity contribution is 4.96. The van der Waals surface area contributed by atoms with E-state index in [1.165, 1.54) is 0 Å². The van der Waals surface area contributed by atoms with Crippen LogP contribution in [0.2, 0.25) is 0 Å². The van der Waals surface area contributed by atoms with Crippen molar-refractivity contribution in [3.8, 4) is 0 Å². The second kappa shape index (κ2) is 5.27. The first-order valence-corrected chi connectivity index (χ1v) is 3.82. The molecule has 0 heterocycles. The molecular formula is C8H17NO3. The van der Waals surface area contributed by atoms with E-state index in [1.807, 2.05) is 6.92 Å². The van der Waals surface area contributed by atoms with E-state index in [-0.39, 0.29) is 19.8 Å². The Labute approximate surface area is 72.5 Å². The Morgan fingerprint density at radius 3 is 1.92 bits per heavy atom. The van der Waals surface area contributed by atoms with Crippen LogP contribution < -0.4 is 5.32 Å². The number of nitrogens with one attached hydrogen (secondary N) is 1. The minimum Gasteiger partial charge on any atom is -0.394 e. The first-order chi connectivity index (χ1) is 5.60. The van der Waals surface area contributed by atoms with Crippen LogP contribution in [0.25, 0.3) is 0 Å². The molecule has 0 rings (SSSR count). The summed E-state index contributed by atoms with van der Waals surface area (Å²) < 4.78 is 0. The van der Waals surface area contributed by atoms with Gasteiger partial charge in [0.05, 0.1) is 25.4 Å². The fourth-order valence-corrected chi connectivity index (χ4v) is 0.656. The van der Waals surface area contributed by atoms with E-state index in [1.54, 1.807) is 0 Å². The molecule has 4 nitrogen and oxygen atoms in total. The minimum atomic E-state index is -0.987. The zero-order valence-corrected chi connectivity index (χ0v) is 7.38. The van der Waals surface area contributed by atoms with Crippen molar-refractivity contribution < 1.29 is 15.3 Å². The van der Waals surface area contributed by atoms with Crippen LogP contribution >= 0.6 is 0 Å². The molecule has 0 aliphatic rings. The molecule has 0 unspecified atom stereocenters. The first-order valence-electron chi connectivity index (χ1n) is 3.82. The maximum absolute atomic E-state index is 8.88. The van der Waals surface area contributed by atoms with Gasteiger partial charge in [-0.25, -0.2) is 0 Å². The van der Waals surface area contributed by atoms with Crippen molar-refractivity contribution in [2.45, 2.75) is 12.5 Å². The molecule has 4 heteroatoms. The lowest BCUT2D eigenvalue weighted by Crippen LogP contribution is -2.55. The SMILES string of the molecule is C=C(C)CNC(CO)(CO)CO. The molecular weight excluding hydrogens is 158 g/mol. The van der Waals surface area contributed by atoms with E-state index in [9.17, 15) is 0 Å². The van der Waals surface area contributed by atoms with Crippen LogP contribution in [0, 0.1) is 0 Å². The van der Waals surface area contributed by atoms with E-state index >= 15 is 0 Å². The van der Waals surface area contributed by atoms with Crippen molar-refractivity contribution in [1.82, 2.24) is 5.32 Å². The van der Waals surface area contributed by atoms with Crippen molar-refractivity contribution in [1.29, 1.82) is 0 Å². The summed E-state index contributed by atoms with van der Waals surface area (Å²) in [7, 11) is 0. The smallest absolute Gasteiger partial charge is 0.0884 e. The molecule has 0 aromatic heterocycles. The van der Waals surface area contributed by atoms with Gasteiger partial charge in [0, 0.05) is 6.54 Å². The first kappa shape index (κ1) is 11.6. The summed E-state index contributed by atoms with van der Waals surface area (Å²) in [6.45, 7) is 5.06. The lowest BCUT2D eigenvalue weighted by molar-refractivity contribution is 0.0447. The monoisotopic (exact) mass is 175 g/mol. The fraction of sp³-hybridized carbons (Fsp3) is 0.750. The van der Waals surface area contributed by atoms with E-state index in [0.29, 0.717) is 6.54 Å². The molecule has 0 saturated heterocycles. The van der Waals surface area contributed by atoms with Gasteiger partial charge in [0.25, 0.3) is 0 Å². The van der Waals surface area contributed by atoms with Gasteiger partial charge in [-0.2, -0.15) is 0 Å². The molecule has 72 valence electrons. The average Bonchev–Trinajstić information content (AvgIpc) is 2.08. The second-order valence-electron chi connectivity index (χ2n) is 3.07. The highest BCUT2D eigenvalue weighted by atomic mass is 16.3. The quantitative estimate of drug-likeness (QED) is 0.385. The fourth-order valence-electron chi connectivity index (χ4n) is 0.656. The van der Waals surface area contributed by atoms with Gasteiger partial charge >= 0.3 is 0 Å². The summed E-state index contributed by atoms with van der Waals surface area (Å²) in [6, 6.07) is 0. The average molecular weight is 175 g/mol. The Kier molecular flexibility index (Phi) is 5.08. The van der Waals surface area contributed by atoms with Crippen LogP contribution in [0.3, 0.4) is 0 Å². The highest BCUT2D eigenvalue weighted by Gasteiger charge is 2.26. The van der Waals surface area contributed by atoms with Crippen LogP contribution in [-0.4, -0.2) is 47.2 Å². The van der Waals surface area contributed by atoms with Crippen LogP contribution in [0.15, 0.2) is 12.2 Å². The maximum Gasteiger partial charge on any atom is 0.0884 e. The summed E-state index contributed by atoms with van der Waals surface area (Å²) in [5.74, 6) is 0. The maximum atomic E-state index is 8.88. The molecule has 0 bridgehead atoms. The number of hydrogen-bond acceptors (Lipinski definition) is 4. The lowest BCUT2D eigenvalue weighted by Gasteiger charge is -2.28. The number of aliphatic hydroxyl groups excluding tert-OH is 3. The van der Waals surface area contributed by atoms with Crippen LogP contribution in [0.5, 0.6) is 0 Å². The van der Waals surface area contributed by atoms with Crippen molar-refractivity contribution in [2.24, 2.45) is 0 Å². The highest BCUT2D eigenvalue weighted by Crippen LogP contribution is 2.01. The Morgan fingerprint density at radius 2 is 1.67 bits per heavy atom. The molecule has 12 heavy (non-hydrogen) atoms. The Hall–Kier alpha value is -0.420. The van der Waals surface area contributed by atoms with E-state index in [2.05, 4.69) is 11.9 Å². The molecule has 4 N–H and O–H groups in total. The molecule has 0 aliphatic carbocycles. The van der Waals surface area contributed by atoms with E-state index in [0.717, 1.165) is 5.57 Å². The molecule has 0 saturated carbocycles. The summed E-state index contributed by atoms with van der Waals surface area (Å²) in [5.41, 5.74) is -0.103. The van der Waals surface area contributed by atoms with Gasteiger partial charge in [-0.15, -0.1) is 0 Å². The van der Waals surface area contributed by atoms with Crippen molar-refractivity contribution >= 4 is 0 Å². The third-order valence-corrected chi connectivity index (χ3v) is 1.67. The Morgan fingerprint density at radius 1 is 1.25 bits per heavy atom. The predicted molar refractivity (Wildman–Crippen MR) is 46.8 cm³/mol. The molecule has 0 radical (unpaired) electrons. The number of aliphatic hydroxyl groups is 3. The van der Waals surface area contributed by atoms with Crippen LogP contribution in [0.1, 0.15) is 6.92 Å². The molecule has 0 aliphatic heterocycles. The zero-order chi connectivity index (χ0) is 9.61. The van der Waals surface area contributed by atoms with Gasteiger partial charge in [-0.1, -0.05) is 12.2 Å². The summed E-state index contributed by atoms with van der Waals surface area (Å²) in [6.07, 6.45) is 0. The van der Waals surface area contributed by atoms with E-state index in [4.69, 9.17) is 15.3 Å². The topological polar surface area (TPSA) is 72.7 Å². The van der Waals surface area contributed by atoms with Crippen LogP contribution in [0.4, 0.5) is 0 Å². The van der Waals surface area contributed by atoms with Crippen molar-refractivity contribution in [2.75, 3.05) is 26.4 Å². The van der Waals surface area contributed by atoms with E-state index < -0.39 is 5.54 Å². The summed E-state index contributed by atoms with van der Waals surface area (Å²) in [5, 5.41) is 29.5. The summed E-state index contributed by atoms with van der Waals surface area (Å²) >= 11 is 0. The van der Waals surface area contributed by atoms with Crippen molar-refractivity contribution in [3.05, 3.63) is 12.2 Å². The van der Waals surface area contributed by atoms with Gasteiger partial charge in [-0.3, -0.25) is 0 Å². The third kappa shape index (κ3) is 3.32. The van der Waals surface area contributed by atoms with Gasteiger partial charge in [-0.05, 0) is 6.92 Å². The lowest BCUT2D eigenvalue weighted by atomic mass is 10.0. The molecule has 0 aromatic rings. The molecule has 0 aromatic carbocycles. The van der Waals surface area contributed by atoms with Gasteiger partial charge < -0.3 is 20.6 Å². The largest absolute Gasteiger partial charge is 0.394 e. The molecule has 0 atom stereocenters. The molecule has 0 amide bonds. The third-order valence-electron chi connectivity index (χ3n) is 1.67. The predicted octanol–water partition coefficient (Wildman–Crippen LogP) is -1.13. The minimum absolute atomic E-state index is 0.298. The van der Waals surface area contributed by atoms with Gasteiger partial charge in [0.15, 0.2) is 0 Å². The normalized spacial score (nSPS) is 11.7. The standard InChI is InChI=1S/C8H17NO3/c1-7(2)3-9-8(4-10,5-11)6-12/h9-12H,1,3-6H2,2H3. The second-order valence-corrected chi connectivity index (χ2v) is 3.07.